The van der Waals surface area contributed by atoms with Crippen molar-refractivity contribution in [2.45, 2.75) is 6.92 Å². The maximum atomic E-state index is 5.98. The van der Waals surface area contributed by atoms with Crippen LogP contribution < -0.4 is 10.5 Å². The normalized spacial score (nSPS) is 10.7. The summed E-state index contributed by atoms with van der Waals surface area (Å²) in [6, 6.07) is 13.7. The third kappa shape index (κ3) is 1.91. The molecule has 0 aliphatic carbocycles. The van der Waals surface area contributed by atoms with Gasteiger partial charge in [-0.1, -0.05) is 35.6 Å². The Morgan fingerprint density at radius 2 is 1.94 bits per heavy atom. The van der Waals surface area contributed by atoms with Crippen LogP contribution in [0.2, 0.25) is 0 Å². The van der Waals surface area contributed by atoms with Gasteiger partial charge in [0, 0.05) is 0 Å². The van der Waals surface area contributed by atoms with Crippen molar-refractivity contribution in [1.82, 2.24) is 4.98 Å². The second-order valence-electron chi connectivity index (χ2n) is 4.04. The molecule has 90 valence electrons. The molecule has 2 N–H and O–H groups in total. The summed E-state index contributed by atoms with van der Waals surface area (Å²) in [6.45, 7) is 1.96. The number of nitrogen functional groups attached to an aromatic ring is 1. The number of benzene rings is 2. The molecule has 0 spiro atoms. The Bertz CT molecular complexity index is 673. The lowest BCUT2D eigenvalue weighted by atomic mass is 10.2. The Kier molecular flexibility index (Phi) is 2.64. The van der Waals surface area contributed by atoms with E-state index in [0.29, 0.717) is 16.6 Å². The molecule has 18 heavy (non-hydrogen) atoms. The molecule has 0 atom stereocenters. The predicted octanol–water partition coefficient (Wildman–Crippen LogP) is 3.98. The highest BCUT2D eigenvalue weighted by atomic mass is 32.1. The molecule has 0 saturated carbocycles. The van der Waals surface area contributed by atoms with Crippen molar-refractivity contribution in [3.8, 4) is 10.9 Å². The standard InChI is InChI=1S/C14H12N2OS/c1-9-5-4-7-11(13(9)15)17-14-16-10-6-2-3-8-12(10)18-14/h2-8H,15H2,1H3. The van der Waals surface area contributed by atoms with Crippen LogP contribution in [0.3, 0.4) is 0 Å². The van der Waals surface area contributed by atoms with E-state index >= 15 is 0 Å². The topological polar surface area (TPSA) is 48.1 Å². The second kappa shape index (κ2) is 4.31. The van der Waals surface area contributed by atoms with Crippen LogP contribution in [0.5, 0.6) is 10.9 Å². The van der Waals surface area contributed by atoms with Crippen LogP contribution in [0.25, 0.3) is 10.2 Å². The molecule has 0 aliphatic heterocycles. The monoisotopic (exact) mass is 256 g/mol. The summed E-state index contributed by atoms with van der Waals surface area (Å²) in [7, 11) is 0. The fraction of sp³-hybridized carbons (Fsp3) is 0.0714. The summed E-state index contributed by atoms with van der Waals surface area (Å²) >= 11 is 1.52. The van der Waals surface area contributed by atoms with Gasteiger partial charge in [-0.15, -0.1) is 0 Å². The van der Waals surface area contributed by atoms with E-state index in [-0.39, 0.29) is 0 Å². The van der Waals surface area contributed by atoms with Crippen molar-refractivity contribution < 1.29 is 4.74 Å². The first kappa shape index (κ1) is 11.0. The van der Waals surface area contributed by atoms with E-state index in [1.54, 1.807) is 0 Å². The number of hydrogen-bond acceptors (Lipinski definition) is 4. The highest BCUT2D eigenvalue weighted by Crippen LogP contribution is 2.34. The molecule has 4 heteroatoms. The largest absolute Gasteiger partial charge is 0.429 e. The molecular weight excluding hydrogens is 244 g/mol. The van der Waals surface area contributed by atoms with Gasteiger partial charge in [-0.3, -0.25) is 0 Å². The number of nitrogens with zero attached hydrogens (tertiary/aromatic N) is 1. The zero-order valence-corrected chi connectivity index (χ0v) is 10.7. The Morgan fingerprint density at radius 1 is 1.11 bits per heavy atom. The maximum absolute atomic E-state index is 5.98. The zero-order chi connectivity index (χ0) is 12.5. The summed E-state index contributed by atoms with van der Waals surface area (Å²) < 4.78 is 6.87. The van der Waals surface area contributed by atoms with E-state index in [4.69, 9.17) is 10.5 Å². The van der Waals surface area contributed by atoms with Crippen molar-refractivity contribution in [1.29, 1.82) is 0 Å². The van der Waals surface area contributed by atoms with Gasteiger partial charge < -0.3 is 10.5 Å². The molecule has 0 radical (unpaired) electrons. The van der Waals surface area contributed by atoms with E-state index in [2.05, 4.69) is 4.98 Å². The minimum Gasteiger partial charge on any atom is -0.429 e. The zero-order valence-electron chi connectivity index (χ0n) is 9.88. The fourth-order valence-corrected chi connectivity index (χ4v) is 2.56. The third-order valence-electron chi connectivity index (χ3n) is 2.76. The van der Waals surface area contributed by atoms with E-state index in [1.807, 2.05) is 49.4 Å². The Balaban J connectivity index is 1.99. The number of aryl methyl sites for hydroxylation is 1. The number of anilines is 1. The van der Waals surface area contributed by atoms with Crippen LogP contribution in [0.4, 0.5) is 5.69 Å². The summed E-state index contributed by atoms with van der Waals surface area (Å²) in [5.41, 5.74) is 8.60. The summed E-state index contributed by atoms with van der Waals surface area (Å²) in [5, 5.41) is 0.619. The summed E-state index contributed by atoms with van der Waals surface area (Å²) in [4.78, 5) is 4.42. The number of rotatable bonds is 2. The molecule has 1 heterocycles. The van der Waals surface area contributed by atoms with Crippen molar-refractivity contribution >= 4 is 27.2 Å². The van der Waals surface area contributed by atoms with Gasteiger partial charge in [0.2, 0.25) is 0 Å². The molecule has 0 bridgehead atoms. The summed E-state index contributed by atoms with van der Waals surface area (Å²) in [6.07, 6.45) is 0. The van der Waals surface area contributed by atoms with Crippen LogP contribution >= 0.6 is 11.3 Å². The SMILES string of the molecule is Cc1cccc(Oc2nc3ccccc3s2)c1N. The van der Waals surface area contributed by atoms with Gasteiger partial charge in [0.1, 0.15) is 0 Å². The molecule has 1 aromatic heterocycles. The molecule has 0 saturated heterocycles. The van der Waals surface area contributed by atoms with Crippen molar-refractivity contribution in [2.75, 3.05) is 5.73 Å². The Labute approximate surface area is 109 Å². The number of fused-ring (bicyclic) bond motifs is 1. The van der Waals surface area contributed by atoms with Crippen molar-refractivity contribution in [3.63, 3.8) is 0 Å². The van der Waals surface area contributed by atoms with Crippen LogP contribution in [0.1, 0.15) is 5.56 Å². The lowest BCUT2D eigenvalue weighted by Gasteiger charge is -2.06. The average Bonchev–Trinajstić information content (AvgIpc) is 2.77. The first-order valence-corrected chi connectivity index (χ1v) is 6.44. The number of aromatic nitrogens is 1. The van der Waals surface area contributed by atoms with Gasteiger partial charge in [0.25, 0.3) is 5.19 Å². The number of nitrogens with two attached hydrogens (primary N) is 1. The smallest absolute Gasteiger partial charge is 0.279 e. The van der Waals surface area contributed by atoms with E-state index in [1.165, 1.54) is 11.3 Å². The highest BCUT2D eigenvalue weighted by molar-refractivity contribution is 7.20. The fourth-order valence-electron chi connectivity index (χ4n) is 1.73. The van der Waals surface area contributed by atoms with Gasteiger partial charge in [-0.2, -0.15) is 0 Å². The average molecular weight is 256 g/mol. The first-order chi connectivity index (χ1) is 8.74. The lowest BCUT2D eigenvalue weighted by molar-refractivity contribution is 0.482. The first-order valence-electron chi connectivity index (χ1n) is 5.62. The minimum absolute atomic E-state index is 0.619. The molecule has 3 nitrogen and oxygen atoms in total. The quantitative estimate of drug-likeness (QED) is 0.705. The molecule has 0 fully saturated rings. The molecular formula is C14H12N2OS. The number of thiazole rings is 1. The van der Waals surface area contributed by atoms with Crippen molar-refractivity contribution in [2.24, 2.45) is 0 Å². The van der Waals surface area contributed by atoms with Crippen LogP contribution in [-0.4, -0.2) is 4.98 Å². The molecule has 0 unspecified atom stereocenters. The van der Waals surface area contributed by atoms with Crippen LogP contribution in [0.15, 0.2) is 42.5 Å². The van der Waals surface area contributed by atoms with E-state index in [9.17, 15) is 0 Å². The van der Waals surface area contributed by atoms with E-state index in [0.717, 1.165) is 15.8 Å². The Hall–Kier alpha value is -2.07. The summed E-state index contributed by atoms with van der Waals surface area (Å²) in [5.74, 6) is 0.661. The number of hydrogen-bond donors (Lipinski definition) is 1. The minimum atomic E-state index is 0.619. The molecule has 2 aromatic carbocycles. The number of para-hydroxylation sites is 2. The molecule has 3 aromatic rings. The van der Waals surface area contributed by atoms with Gasteiger partial charge in [0.05, 0.1) is 15.9 Å². The second-order valence-corrected chi connectivity index (χ2v) is 5.03. The lowest BCUT2D eigenvalue weighted by Crippen LogP contribution is -1.94. The third-order valence-corrected chi connectivity index (χ3v) is 3.67. The maximum Gasteiger partial charge on any atom is 0.279 e. The van der Waals surface area contributed by atoms with Crippen LogP contribution in [0, 0.1) is 6.92 Å². The Morgan fingerprint density at radius 3 is 2.78 bits per heavy atom. The van der Waals surface area contributed by atoms with Gasteiger partial charge in [-0.25, -0.2) is 4.98 Å². The number of ether oxygens (including phenoxy) is 1. The van der Waals surface area contributed by atoms with Gasteiger partial charge >= 0.3 is 0 Å². The van der Waals surface area contributed by atoms with Gasteiger partial charge in [0.15, 0.2) is 5.75 Å². The van der Waals surface area contributed by atoms with E-state index < -0.39 is 0 Å². The van der Waals surface area contributed by atoms with Gasteiger partial charge in [-0.05, 0) is 30.7 Å². The molecule has 0 aliphatic rings. The predicted molar refractivity (Wildman–Crippen MR) is 75.3 cm³/mol. The highest BCUT2D eigenvalue weighted by Gasteiger charge is 2.08. The molecule has 0 amide bonds. The van der Waals surface area contributed by atoms with Crippen molar-refractivity contribution in [3.05, 3.63) is 48.0 Å². The molecule has 3 rings (SSSR count). The van der Waals surface area contributed by atoms with Crippen LogP contribution in [-0.2, 0) is 0 Å².